The fraction of sp³-hybridized carbons (Fsp3) is 0.357. The molecule has 1 unspecified atom stereocenters. The summed E-state index contributed by atoms with van der Waals surface area (Å²) in [7, 11) is -0.421. The SMILES string of the molecule is Cc1cnc(C(C)Nc2ccccc2S(=O)(=O)N(C)C)s1. The summed E-state index contributed by atoms with van der Waals surface area (Å²) in [4.78, 5) is 5.74. The van der Waals surface area contributed by atoms with Crippen molar-refractivity contribution in [3.8, 4) is 0 Å². The molecule has 2 aromatic rings. The van der Waals surface area contributed by atoms with Gasteiger partial charge < -0.3 is 5.32 Å². The van der Waals surface area contributed by atoms with Crippen molar-refractivity contribution >= 4 is 27.0 Å². The molecule has 0 amide bonds. The van der Waals surface area contributed by atoms with Crippen LogP contribution < -0.4 is 5.32 Å². The minimum absolute atomic E-state index is 0.0535. The van der Waals surface area contributed by atoms with Crippen molar-refractivity contribution < 1.29 is 8.42 Å². The molecule has 0 spiro atoms. The van der Waals surface area contributed by atoms with Crippen LogP contribution in [0.4, 0.5) is 5.69 Å². The lowest BCUT2D eigenvalue weighted by molar-refractivity contribution is 0.521. The zero-order chi connectivity index (χ0) is 15.6. The Morgan fingerprint density at radius 2 is 1.95 bits per heavy atom. The highest BCUT2D eigenvalue weighted by Gasteiger charge is 2.22. The van der Waals surface area contributed by atoms with Crippen LogP contribution in [0.1, 0.15) is 22.9 Å². The number of para-hydroxylation sites is 1. The minimum Gasteiger partial charge on any atom is -0.375 e. The first-order chi connectivity index (χ1) is 9.82. The van der Waals surface area contributed by atoms with Crippen molar-refractivity contribution in [1.29, 1.82) is 0 Å². The maximum Gasteiger partial charge on any atom is 0.244 e. The van der Waals surface area contributed by atoms with Gasteiger partial charge in [0.1, 0.15) is 9.90 Å². The molecule has 114 valence electrons. The van der Waals surface area contributed by atoms with Crippen molar-refractivity contribution in [2.75, 3.05) is 19.4 Å². The molecule has 0 saturated carbocycles. The average Bonchev–Trinajstić information content (AvgIpc) is 2.86. The molecule has 1 aromatic heterocycles. The van der Waals surface area contributed by atoms with E-state index < -0.39 is 10.0 Å². The van der Waals surface area contributed by atoms with E-state index in [-0.39, 0.29) is 10.9 Å². The molecule has 1 N–H and O–H groups in total. The second-order valence-electron chi connectivity index (χ2n) is 4.96. The number of aromatic nitrogens is 1. The van der Waals surface area contributed by atoms with Gasteiger partial charge in [-0.2, -0.15) is 0 Å². The zero-order valence-electron chi connectivity index (χ0n) is 12.5. The van der Waals surface area contributed by atoms with Crippen LogP contribution in [0.3, 0.4) is 0 Å². The van der Waals surface area contributed by atoms with Gasteiger partial charge in [0.15, 0.2) is 0 Å². The van der Waals surface area contributed by atoms with Gasteiger partial charge in [-0.15, -0.1) is 11.3 Å². The number of aryl methyl sites for hydroxylation is 1. The number of nitrogens with zero attached hydrogens (tertiary/aromatic N) is 2. The van der Waals surface area contributed by atoms with E-state index in [1.54, 1.807) is 29.5 Å². The molecular formula is C14H19N3O2S2. The van der Waals surface area contributed by atoms with Crippen molar-refractivity contribution in [3.63, 3.8) is 0 Å². The van der Waals surface area contributed by atoms with E-state index in [0.717, 1.165) is 9.88 Å². The molecular weight excluding hydrogens is 306 g/mol. The molecule has 1 aromatic carbocycles. The smallest absolute Gasteiger partial charge is 0.244 e. The Bertz CT molecular complexity index is 723. The summed E-state index contributed by atoms with van der Waals surface area (Å²) < 4.78 is 25.9. The van der Waals surface area contributed by atoms with E-state index in [9.17, 15) is 8.42 Å². The molecule has 21 heavy (non-hydrogen) atoms. The van der Waals surface area contributed by atoms with Crippen LogP contribution in [0.2, 0.25) is 0 Å². The van der Waals surface area contributed by atoms with Crippen LogP contribution in [0.15, 0.2) is 35.4 Å². The number of nitrogens with one attached hydrogen (secondary N) is 1. The Morgan fingerprint density at radius 1 is 1.29 bits per heavy atom. The average molecular weight is 325 g/mol. The highest BCUT2D eigenvalue weighted by Crippen LogP contribution is 2.28. The van der Waals surface area contributed by atoms with Gasteiger partial charge in [0.25, 0.3) is 0 Å². The standard InChI is InChI=1S/C14H19N3O2S2/c1-10-9-15-14(20-10)11(2)16-12-7-5-6-8-13(12)21(18,19)17(3)4/h5-9,11,16H,1-4H3. The number of hydrogen-bond acceptors (Lipinski definition) is 5. The van der Waals surface area contributed by atoms with Gasteiger partial charge >= 0.3 is 0 Å². The summed E-state index contributed by atoms with van der Waals surface area (Å²) >= 11 is 1.60. The number of benzene rings is 1. The molecule has 1 atom stereocenters. The molecule has 0 fully saturated rings. The minimum atomic E-state index is -3.48. The van der Waals surface area contributed by atoms with E-state index in [4.69, 9.17) is 0 Å². The maximum atomic E-state index is 12.3. The summed E-state index contributed by atoms with van der Waals surface area (Å²) in [5.41, 5.74) is 0.589. The van der Waals surface area contributed by atoms with Crippen LogP contribution in [0.5, 0.6) is 0 Å². The Morgan fingerprint density at radius 3 is 2.52 bits per heavy atom. The Hall–Kier alpha value is -1.44. The molecule has 0 bridgehead atoms. The quantitative estimate of drug-likeness (QED) is 0.918. The third-order valence-electron chi connectivity index (χ3n) is 3.03. The van der Waals surface area contributed by atoms with E-state index >= 15 is 0 Å². The molecule has 0 aliphatic heterocycles. The highest BCUT2D eigenvalue weighted by atomic mass is 32.2. The first-order valence-electron chi connectivity index (χ1n) is 6.53. The van der Waals surface area contributed by atoms with E-state index in [0.29, 0.717) is 5.69 Å². The molecule has 0 aliphatic rings. The summed E-state index contributed by atoms with van der Waals surface area (Å²) in [6.45, 7) is 3.97. The van der Waals surface area contributed by atoms with Crippen molar-refractivity contribution in [3.05, 3.63) is 40.3 Å². The number of anilines is 1. The second kappa shape index (κ2) is 6.13. The third kappa shape index (κ3) is 3.42. The van der Waals surface area contributed by atoms with Gasteiger partial charge in [-0.25, -0.2) is 17.7 Å². The molecule has 1 heterocycles. The van der Waals surface area contributed by atoms with Crippen LogP contribution >= 0.6 is 11.3 Å². The number of sulfonamides is 1. The predicted octanol–water partition coefficient (Wildman–Crippen LogP) is 2.87. The molecule has 7 heteroatoms. The molecule has 0 saturated heterocycles. The summed E-state index contributed by atoms with van der Waals surface area (Å²) in [5, 5.41) is 4.18. The maximum absolute atomic E-state index is 12.3. The Balaban J connectivity index is 2.33. The Kier molecular flexibility index (Phi) is 4.65. The lowest BCUT2D eigenvalue weighted by Crippen LogP contribution is -2.23. The number of rotatable bonds is 5. The van der Waals surface area contributed by atoms with Gasteiger partial charge in [-0.1, -0.05) is 12.1 Å². The van der Waals surface area contributed by atoms with Crippen molar-refractivity contribution in [1.82, 2.24) is 9.29 Å². The number of hydrogen-bond donors (Lipinski definition) is 1. The molecule has 2 rings (SSSR count). The molecule has 0 radical (unpaired) electrons. The lowest BCUT2D eigenvalue weighted by atomic mass is 10.2. The normalized spacial score (nSPS) is 13.4. The van der Waals surface area contributed by atoms with Crippen LogP contribution in [-0.2, 0) is 10.0 Å². The van der Waals surface area contributed by atoms with Crippen molar-refractivity contribution in [2.45, 2.75) is 24.8 Å². The predicted molar refractivity (Wildman–Crippen MR) is 86.2 cm³/mol. The monoisotopic (exact) mass is 325 g/mol. The first kappa shape index (κ1) is 15.9. The van der Waals surface area contributed by atoms with E-state index in [1.165, 1.54) is 18.4 Å². The van der Waals surface area contributed by atoms with Gasteiger partial charge in [0, 0.05) is 25.2 Å². The molecule has 0 aliphatic carbocycles. The lowest BCUT2D eigenvalue weighted by Gasteiger charge is -2.18. The van der Waals surface area contributed by atoms with Gasteiger partial charge in [-0.05, 0) is 26.0 Å². The second-order valence-corrected chi connectivity index (χ2v) is 8.35. The van der Waals surface area contributed by atoms with Gasteiger partial charge in [0.05, 0.1) is 11.7 Å². The fourth-order valence-electron chi connectivity index (χ4n) is 1.87. The van der Waals surface area contributed by atoms with E-state index in [2.05, 4.69) is 10.3 Å². The van der Waals surface area contributed by atoms with Gasteiger partial charge in [-0.3, -0.25) is 0 Å². The van der Waals surface area contributed by atoms with Gasteiger partial charge in [0.2, 0.25) is 10.0 Å². The topological polar surface area (TPSA) is 62.3 Å². The molecule has 5 nitrogen and oxygen atoms in total. The summed E-state index contributed by atoms with van der Waals surface area (Å²) in [5.74, 6) is 0. The Labute approximate surface area is 129 Å². The summed E-state index contributed by atoms with van der Waals surface area (Å²) in [6.07, 6.45) is 1.82. The first-order valence-corrected chi connectivity index (χ1v) is 8.78. The third-order valence-corrected chi connectivity index (χ3v) is 6.00. The summed E-state index contributed by atoms with van der Waals surface area (Å²) in [6, 6.07) is 6.86. The van der Waals surface area contributed by atoms with E-state index in [1.807, 2.05) is 26.1 Å². The van der Waals surface area contributed by atoms with Crippen LogP contribution in [-0.4, -0.2) is 31.8 Å². The fourth-order valence-corrected chi connectivity index (χ4v) is 3.70. The highest BCUT2D eigenvalue weighted by molar-refractivity contribution is 7.89. The zero-order valence-corrected chi connectivity index (χ0v) is 14.1. The number of thiazole rings is 1. The van der Waals surface area contributed by atoms with Crippen LogP contribution in [0, 0.1) is 6.92 Å². The van der Waals surface area contributed by atoms with Crippen LogP contribution in [0.25, 0.3) is 0 Å². The van der Waals surface area contributed by atoms with Crippen molar-refractivity contribution in [2.24, 2.45) is 0 Å². The largest absolute Gasteiger partial charge is 0.375 e.